The van der Waals surface area contributed by atoms with Gasteiger partial charge in [-0.2, -0.15) is 5.10 Å². The molecule has 2 rings (SSSR count). The number of rotatable bonds is 9. The number of aromatic nitrogens is 4. The Bertz CT molecular complexity index is 611. The van der Waals surface area contributed by atoms with Crippen LogP contribution in [0.1, 0.15) is 46.0 Å². The third-order valence-corrected chi connectivity index (χ3v) is 3.66. The molecule has 2 N–H and O–H groups in total. The summed E-state index contributed by atoms with van der Waals surface area (Å²) in [6.45, 7) is 5.17. The van der Waals surface area contributed by atoms with E-state index in [1.165, 1.54) is 30.3 Å². The van der Waals surface area contributed by atoms with Gasteiger partial charge in [-0.1, -0.05) is 39.5 Å². The first-order valence-corrected chi connectivity index (χ1v) is 8.51. The van der Waals surface area contributed by atoms with Crippen LogP contribution < -0.4 is 10.6 Å². The molecule has 0 spiro atoms. The van der Waals surface area contributed by atoms with Gasteiger partial charge in [-0.15, -0.1) is 0 Å². The standard InChI is InChI=1S/C17H26N6O/c1-14(2)8-5-3-4-6-10-20-17(24)22-15-9-7-11-19-16(15)23-13-18-12-21-23/h7,9,11-14H,3-6,8,10H2,1-2H3,(H2,20,22,24). The van der Waals surface area contributed by atoms with Crippen molar-refractivity contribution in [2.45, 2.75) is 46.0 Å². The monoisotopic (exact) mass is 330 g/mol. The number of carbonyl (C=O) groups excluding carboxylic acids is 1. The minimum Gasteiger partial charge on any atom is -0.338 e. The lowest BCUT2D eigenvalue weighted by Gasteiger charge is -2.10. The van der Waals surface area contributed by atoms with E-state index in [-0.39, 0.29) is 6.03 Å². The summed E-state index contributed by atoms with van der Waals surface area (Å²) in [4.78, 5) is 20.2. The van der Waals surface area contributed by atoms with Crippen molar-refractivity contribution >= 4 is 11.7 Å². The summed E-state index contributed by atoms with van der Waals surface area (Å²) < 4.78 is 1.52. The SMILES string of the molecule is CC(C)CCCCCCNC(=O)Nc1cccnc1-n1cncn1. The summed E-state index contributed by atoms with van der Waals surface area (Å²) in [5.74, 6) is 1.31. The number of amides is 2. The maximum absolute atomic E-state index is 12.0. The Morgan fingerprint density at radius 1 is 1.25 bits per heavy atom. The Labute approximate surface area is 142 Å². The molecule has 24 heavy (non-hydrogen) atoms. The van der Waals surface area contributed by atoms with Crippen molar-refractivity contribution in [2.24, 2.45) is 5.92 Å². The second-order valence-corrected chi connectivity index (χ2v) is 6.19. The number of nitrogens with zero attached hydrogens (tertiary/aromatic N) is 4. The van der Waals surface area contributed by atoms with Gasteiger partial charge in [0.2, 0.25) is 0 Å². The first-order chi connectivity index (χ1) is 11.7. The lowest BCUT2D eigenvalue weighted by atomic mass is 10.0. The van der Waals surface area contributed by atoms with Crippen molar-refractivity contribution in [3.8, 4) is 5.82 Å². The summed E-state index contributed by atoms with van der Waals surface area (Å²) in [6.07, 6.45) is 10.5. The Hall–Kier alpha value is -2.44. The number of anilines is 1. The zero-order chi connectivity index (χ0) is 17.2. The van der Waals surface area contributed by atoms with E-state index in [1.807, 2.05) is 0 Å². The Kier molecular flexibility index (Phi) is 7.20. The Morgan fingerprint density at radius 2 is 2.08 bits per heavy atom. The van der Waals surface area contributed by atoms with Crippen molar-refractivity contribution in [1.29, 1.82) is 0 Å². The van der Waals surface area contributed by atoms with Crippen molar-refractivity contribution in [3.05, 3.63) is 31.0 Å². The summed E-state index contributed by atoms with van der Waals surface area (Å²) in [5.41, 5.74) is 0.595. The number of hydrogen-bond acceptors (Lipinski definition) is 4. The van der Waals surface area contributed by atoms with Gasteiger partial charge in [-0.05, 0) is 24.5 Å². The number of carbonyl (C=O) groups is 1. The molecule has 2 heterocycles. The van der Waals surface area contributed by atoms with Crippen molar-refractivity contribution in [3.63, 3.8) is 0 Å². The molecule has 2 aromatic heterocycles. The summed E-state index contributed by atoms with van der Waals surface area (Å²) in [7, 11) is 0. The van der Waals surface area contributed by atoms with E-state index in [2.05, 4.69) is 39.5 Å². The largest absolute Gasteiger partial charge is 0.338 e. The number of nitrogens with one attached hydrogen (secondary N) is 2. The molecule has 2 amide bonds. The van der Waals surface area contributed by atoms with Crippen LogP contribution in [-0.4, -0.2) is 32.3 Å². The van der Waals surface area contributed by atoms with Crippen LogP contribution in [0.5, 0.6) is 0 Å². The zero-order valence-electron chi connectivity index (χ0n) is 14.4. The number of hydrogen-bond donors (Lipinski definition) is 2. The lowest BCUT2D eigenvalue weighted by molar-refractivity contribution is 0.252. The quantitative estimate of drug-likeness (QED) is 0.690. The molecule has 0 aliphatic rings. The zero-order valence-corrected chi connectivity index (χ0v) is 14.4. The second kappa shape index (κ2) is 9.64. The first kappa shape index (κ1) is 17.9. The smallest absolute Gasteiger partial charge is 0.319 e. The van der Waals surface area contributed by atoms with E-state index in [0.29, 0.717) is 18.1 Å². The van der Waals surface area contributed by atoms with E-state index in [9.17, 15) is 4.79 Å². The van der Waals surface area contributed by atoms with Gasteiger partial charge < -0.3 is 10.6 Å². The Balaban J connectivity index is 1.72. The van der Waals surface area contributed by atoms with Gasteiger partial charge in [0, 0.05) is 12.7 Å². The molecule has 7 heteroatoms. The number of pyridine rings is 1. The van der Waals surface area contributed by atoms with Gasteiger partial charge in [0.1, 0.15) is 12.7 Å². The molecule has 0 unspecified atom stereocenters. The highest BCUT2D eigenvalue weighted by atomic mass is 16.2. The highest BCUT2D eigenvalue weighted by Gasteiger charge is 2.09. The average molecular weight is 330 g/mol. The van der Waals surface area contributed by atoms with E-state index in [1.54, 1.807) is 24.7 Å². The van der Waals surface area contributed by atoms with Crippen LogP contribution in [0.15, 0.2) is 31.0 Å². The van der Waals surface area contributed by atoms with Gasteiger partial charge in [0.15, 0.2) is 5.82 Å². The summed E-state index contributed by atoms with van der Waals surface area (Å²) >= 11 is 0. The summed E-state index contributed by atoms with van der Waals surface area (Å²) in [6, 6.07) is 3.33. The summed E-state index contributed by atoms with van der Waals surface area (Å²) in [5, 5.41) is 9.74. The maximum atomic E-state index is 12.0. The lowest BCUT2D eigenvalue weighted by Crippen LogP contribution is -2.30. The van der Waals surface area contributed by atoms with Crippen molar-refractivity contribution in [1.82, 2.24) is 25.1 Å². The van der Waals surface area contributed by atoms with Crippen LogP contribution in [0.4, 0.5) is 10.5 Å². The molecule has 0 atom stereocenters. The highest BCUT2D eigenvalue weighted by molar-refractivity contribution is 5.90. The van der Waals surface area contributed by atoms with Crippen LogP contribution in [-0.2, 0) is 0 Å². The van der Waals surface area contributed by atoms with Crippen LogP contribution in [0.2, 0.25) is 0 Å². The molecule has 0 fully saturated rings. The molecule has 130 valence electrons. The van der Waals surface area contributed by atoms with Crippen LogP contribution in [0.3, 0.4) is 0 Å². The third kappa shape index (κ3) is 5.98. The third-order valence-electron chi connectivity index (χ3n) is 3.66. The molecular formula is C17H26N6O. The van der Waals surface area contributed by atoms with Gasteiger partial charge in [-0.25, -0.2) is 19.4 Å². The topological polar surface area (TPSA) is 84.7 Å². The number of urea groups is 1. The fourth-order valence-electron chi connectivity index (χ4n) is 2.39. The molecule has 0 aliphatic heterocycles. The van der Waals surface area contributed by atoms with E-state index in [4.69, 9.17) is 0 Å². The molecule has 0 saturated heterocycles. The Morgan fingerprint density at radius 3 is 2.83 bits per heavy atom. The predicted octanol–water partition coefficient (Wildman–Crippen LogP) is 3.39. The second-order valence-electron chi connectivity index (χ2n) is 6.19. The van der Waals surface area contributed by atoms with Crippen LogP contribution in [0.25, 0.3) is 5.82 Å². The minimum atomic E-state index is -0.230. The fourth-order valence-corrected chi connectivity index (χ4v) is 2.39. The van der Waals surface area contributed by atoms with E-state index in [0.717, 1.165) is 18.8 Å². The molecule has 2 aromatic rings. The van der Waals surface area contributed by atoms with Gasteiger partial charge >= 0.3 is 6.03 Å². The van der Waals surface area contributed by atoms with Gasteiger partial charge in [0.05, 0.1) is 5.69 Å². The van der Waals surface area contributed by atoms with Crippen LogP contribution >= 0.6 is 0 Å². The predicted molar refractivity (Wildman–Crippen MR) is 94.1 cm³/mol. The molecule has 0 aromatic carbocycles. The molecule has 0 saturated carbocycles. The maximum Gasteiger partial charge on any atom is 0.319 e. The highest BCUT2D eigenvalue weighted by Crippen LogP contribution is 2.15. The van der Waals surface area contributed by atoms with Crippen LogP contribution in [0, 0.1) is 5.92 Å². The van der Waals surface area contributed by atoms with Crippen molar-refractivity contribution in [2.75, 3.05) is 11.9 Å². The minimum absolute atomic E-state index is 0.230. The molecule has 0 aliphatic carbocycles. The molecule has 0 radical (unpaired) electrons. The van der Waals surface area contributed by atoms with E-state index < -0.39 is 0 Å². The van der Waals surface area contributed by atoms with E-state index >= 15 is 0 Å². The molecular weight excluding hydrogens is 304 g/mol. The average Bonchev–Trinajstić information content (AvgIpc) is 3.08. The number of unbranched alkanes of at least 4 members (excludes halogenated alkanes) is 3. The van der Waals surface area contributed by atoms with Crippen molar-refractivity contribution < 1.29 is 4.79 Å². The molecule has 0 bridgehead atoms. The van der Waals surface area contributed by atoms with Gasteiger partial charge in [-0.3, -0.25) is 0 Å². The normalized spacial score (nSPS) is 10.8. The fraction of sp³-hybridized carbons (Fsp3) is 0.529. The van der Waals surface area contributed by atoms with Gasteiger partial charge in [0.25, 0.3) is 0 Å². The first-order valence-electron chi connectivity index (χ1n) is 8.51. The molecule has 7 nitrogen and oxygen atoms in total.